The third-order valence-corrected chi connectivity index (χ3v) is 6.76. The van der Waals surface area contributed by atoms with Crippen LogP contribution in [0.3, 0.4) is 0 Å². The Morgan fingerprint density at radius 3 is 2.17 bits per heavy atom. The van der Waals surface area contributed by atoms with E-state index in [1.165, 1.54) is 8.61 Å². The smallest absolute Gasteiger partial charge is 0.282 e. The number of piperazine rings is 1. The van der Waals surface area contributed by atoms with Crippen molar-refractivity contribution in [2.75, 3.05) is 45.9 Å². The maximum absolute atomic E-state index is 12.8. The molecule has 3 rings (SSSR count). The number of morpholine rings is 1. The van der Waals surface area contributed by atoms with Gasteiger partial charge in [0.25, 0.3) is 16.1 Å². The number of amides is 1. The Kier molecular flexibility index (Phi) is 5.45. The lowest BCUT2D eigenvalue weighted by Crippen LogP contribution is -2.58. The predicted octanol–water partition coefficient (Wildman–Crippen LogP) is -0.336. The second-order valence-corrected chi connectivity index (χ2v) is 8.74. The van der Waals surface area contributed by atoms with Crippen molar-refractivity contribution < 1.29 is 22.7 Å². The van der Waals surface area contributed by atoms with Gasteiger partial charge in [0.15, 0.2) is 0 Å². The summed E-state index contributed by atoms with van der Waals surface area (Å²) in [4.78, 5) is 14.1. The maximum Gasteiger partial charge on any atom is 0.282 e. The van der Waals surface area contributed by atoms with E-state index in [0.717, 1.165) is 12.8 Å². The van der Waals surface area contributed by atoms with E-state index in [1.807, 2.05) is 13.8 Å². The number of carbonyl (C=O) groups is 1. The molecule has 0 radical (unpaired) electrons. The number of hydrogen-bond acceptors (Lipinski definition) is 5. The summed E-state index contributed by atoms with van der Waals surface area (Å²) in [6, 6.07) is 0. The lowest BCUT2D eigenvalue weighted by Gasteiger charge is -2.40. The lowest BCUT2D eigenvalue weighted by molar-refractivity contribution is -0.142. The number of ether oxygens (including phenoxy) is 2. The molecule has 8 nitrogen and oxygen atoms in total. The highest BCUT2D eigenvalue weighted by Crippen LogP contribution is 2.20. The van der Waals surface area contributed by atoms with Gasteiger partial charge in [0.1, 0.15) is 6.10 Å². The van der Waals surface area contributed by atoms with Crippen molar-refractivity contribution in [1.82, 2.24) is 13.5 Å². The van der Waals surface area contributed by atoms with Crippen LogP contribution in [0.1, 0.15) is 26.7 Å². The molecule has 24 heavy (non-hydrogen) atoms. The summed E-state index contributed by atoms with van der Waals surface area (Å²) in [5.41, 5.74) is 0. The fraction of sp³-hybridized carbons (Fsp3) is 0.933. The average molecular weight is 361 g/mol. The monoisotopic (exact) mass is 361 g/mol. The highest BCUT2D eigenvalue weighted by molar-refractivity contribution is 7.86. The number of hydrogen-bond donors (Lipinski definition) is 0. The Labute approximate surface area is 143 Å². The summed E-state index contributed by atoms with van der Waals surface area (Å²) in [6.07, 6.45) is 1.13. The minimum Gasteiger partial charge on any atom is -0.373 e. The Hall–Kier alpha value is -0.740. The molecule has 3 unspecified atom stereocenters. The zero-order chi connectivity index (χ0) is 17.3. The van der Waals surface area contributed by atoms with Gasteiger partial charge >= 0.3 is 0 Å². The summed E-state index contributed by atoms with van der Waals surface area (Å²) < 4.78 is 39.7. The van der Waals surface area contributed by atoms with Gasteiger partial charge in [-0.15, -0.1) is 0 Å². The van der Waals surface area contributed by atoms with Crippen molar-refractivity contribution in [3.8, 4) is 0 Å². The average Bonchev–Trinajstić information content (AvgIpc) is 3.08. The van der Waals surface area contributed by atoms with Crippen molar-refractivity contribution in [1.29, 1.82) is 0 Å². The van der Waals surface area contributed by atoms with Crippen LogP contribution in [-0.2, 0) is 24.5 Å². The second kappa shape index (κ2) is 7.25. The third-order valence-electron chi connectivity index (χ3n) is 4.79. The van der Waals surface area contributed by atoms with E-state index in [4.69, 9.17) is 9.47 Å². The van der Waals surface area contributed by atoms with Crippen LogP contribution in [0.5, 0.6) is 0 Å². The topological polar surface area (TPSA) is 79.4 Å². The lowest BCUT2D eigenvalue weighted by atomic mass is 10.2. The van der Waals surface area contributed by atoms with E-state index in [9.17, 15) is 13.2 Å². The minimum atomic E-state index is -3.50. The molecular weight excluding hydrogens is 334 g/mol. The highest BCUT2D eigenvalue weighted by Gasteiger charge is 2.38. The highest BCUT2D eigenvalue weighted by atomic mass is 32.2. The van der Waals surface area contributed by atoms with Gasteiger partial charge in [-0.3, -0.25) is 4.79 Å². The molecule has 3 saturated heterocycles. The molecule has 3 fully saturated rings. The van der Waals surface area contributed by atoms with Crippen molar-refractivity contribution in [3.05, 3.63) is 0 Å². The second-order valence-electron chi connectivity index (χ2n) is 6.81. The van der Waals surface area contributed by atoms with Crippen LogP contribution in [0.25, 0.3) is 0 Å². The molecule has 0 aliphatic carbocycles. The van der Waals surface area contributed by atoms with Crippen molar-refractivity contribution in [2.45, 2.75) is 45.0 Å². The molecule has 0 N–H and O–H groups in total. The minimum absolute atomic E-state index is 0.00170. The van der Waals surface area contributed by atoms with Crippen LogP contribution < -0.4 is 0 Å². The summed E-state index contributed by atoms with van der Waals surface area (Å²) in [5.74, 6) is -0.00170. The fourth-order valence-electron chi connectivity index (χ4n) is 3.60. The Bertz CT molecular complexity index is 545. The van der Waals surface area contributed by atoms with Gasteiger partial charge < -0.3 is 14.4 Å². The van der Waals surface area contributed by atoms with Crippen LogP contribution in [0, 0.1) is 0 Å². The van der Waals surface area contributed by atoms with Gasteiger partial charge in [0.2, 0.25) is 0 Å². The first-order chi connectivity index (χ1) is 11.4. The van der Waals surface area contributed by atoms with Crippen LogP contribution in [0.15, 0.2) is 0 Å². The van der Waals surface area contributed by atoms with Gasteiger partial charge in [0.05, 0.1) is 12.2 Å². The molecule has 0 aromatic carbocycles. The van der Waals surface area contributed by atoms with E-state index in [0.29, 0.717) is 45.9 Å². The molecule has 0 bridgehead atoms. The van der Waals surface area contributed by atoms with Crippen LogP contribution >= 0.6 is 0 Å². The molecule has 0 saturated carbocycles. The fourth-order valence-corrected chi connectivity index (χ4v) is 5.35. The molecule has 138 valence electrons. The summed E-state index contributed by atoms with van der Waals surface area (Å²) in [5, 5.41) is 0. The van der Waals surface area contributed by atoms with E-state index in [1.54, 1.807) is 4.90 Å². The molecular formula is C15H27N3O5S. The van der Waals surface area contributed by atoms with E-state index in [2.05, 4.69) is 0 Å². The van der Waals surface area contributed by atoms with Gasteiger partial charge in [-0.2, -0.15) is 17.0 Å². The van der Waals surface area contributed by atoms with Crippen LogP contribution in [0.4, 0.5) is 0 Å². The molecule has 0 spiro atoms. The molecule has 1 amide bonds. The summed E-state index contributed by atoms with van der Waals surface area (Å²) in [6.45, 7) is 6.68. The van der Waals surface area contributed by atoms with E-state index >= 15 is 0 Å². The van der Waals surface area contributed by atoms with Gasteiger partial charge in [0, 0.05) is 45.9 Å². The molecule has 3 heterocycles. The van der Waals surface area contributed by atoms with E-state index < -0.39 is 10.2 Å². The maximum atomic E-state index is 12.8. The standard InChI is InChI=1S/C15H27N3O5S/c1-12-10-18(11-13(2)23-12)24(20,21)17-7-5-16(6-8-17)15(19)14-4-3-9-22-14/h12-14H,3-11H2,1-2H3. The normalized spacial score (nSPS) is 33.8. The summed E-state index contributed by atoms with van der Waals surface area (Å²) >= 11 is 0. The number of carbonyl (C=O) groups excluding carboxylic acids is 1. The van der Waals surface area contributed by atoms with Crippen LogP contribution in [0.2, 0.25) is 0 Å². The zero-order valence-corrected chi connectivity index (χ0v) is 15.2. The molecule has 9 heteroatoms. The molecule has 3 atom stereocenters. The number of rotatable bonds is 3. The molecule has 0 aromatic heterocycles. The predicted molar refractivity (Wildman–Crippen MR) is 87.6 cm³/mol. The zero-order valence-electron chi connectivity index (χ0n) is 14.4. The molecule has 0 aromatic rings. The Morgan fingerprint density at radius 1 is 1.00 bits per heavy atom. The third kappa shape index (κ3) is 3.75. The van der Waals surface area contributed by atoms with Crippen molar-refractivity contribution >= 4 is 16.1 Å². The first-order valence-electron chi connectivity index (χ1n) is 8.69. The molecule has 3 aliphatic rings. The van der Waals surface area contributed by atoms with Crippen molar-refractivity contribution in [3.63, 3.8) is 0 Å². The first-order valence-corrected chi connectivity index (χ1v) is 10.1. The number of nitrogens with zero attached hydrogens (tertiary/aromatic N) is 3. The first kappa shape index (κ1) is 18.1. The van der Waals surface area contributed by atoms with Gasteiger partial charge in [-0.1, -0.05) is 0 Å². The SMILES string of the molecule is CC1CN(S(=O)(=O)N2CCN(C(=O)C3CCCO3)CC2)CC(C)O1. The molecule has 3 aliphatic heterocycles. The Balaban J connectivity index is 1.58. The quantitative estimate of drug-likeness (QED) is 0.687. The van der Waals surface area contributed by atoms with Crippen LogP contribution in [-0.4, -0.2) is 92.0 Å². The van der Waals surface area contributed by atoms with E-state index in [-0.39, 0.29) is 24.2 Å². The summed E-state index contributed by atoms with van der Waals surface area (Å²) in [7, 11) is -3.50. The Morgan fingerprint density at radius 2 is 1.62 bits per heavy atom. The largest absolute Gasteiger partial charge is 0.373 e. The van der Waals surface area contributed by atoms with Gasteiger partial charge in [-0.05, 0) is 26.7 Å². The van der Waals surface area contributed by atoms with Crippen molar-refractivity contribution in [2.24, 2.45) is 0 Å². The van der Waals surface area contributed by atoms with Gasteiger partial charge in [-0.25, -0.2) is 0 Å².